The summed E-state index contributed by atoms with van der Waals surface area (Å²) in [6.07, 6.45) is 1.69. The molecule has 8 nitrogen and oxygen atoms in total. The summed E-state index contributed by atoms with van der Waals surface area (Å²) in [4.78, 5) is 27.8. The predicted octanol–water partition coefficient (Wildman–Crippen LogP) is -0.170. The Hall–Kier alpha value is -2.74. The lowest BCUT2D eigenvalue weighted by atomic mass is 10.2. The molecule has 2 aromatic rings. The van der Waals surface area contributed by atoms with Gasteiger partial charge in [0.2, 0.25) is 5.91 Å². The molecule has 0 spiro atoms. The van der Waals surface area contributed by atoms with E-state index in [9.17, 15) is 9.59 Å². The van der Waals surface area contributed by atoms with Gasteiger partial charge in [-0.3, -0.25) is 14.5 Å². The molecule has 1 aliphatic rings. The van der Waals surface area contributed by atoms with Crippen molar-refractivity contribution in [1.29, 1.82) is 0 Å². The molecule has 0 atom stereocenters. The summed E-state index contributed by atoms with van der Waals surface area (Å²) in [7, 11) is 1.63. The van der Waals surface area contributed by atoms with Gasteiger partial charge in [-0.2, -0.15) is 0 Å². The van der Waals surface area contributed by atoms with Gasteiger partial charge in [-0.05, 0) is 5.56 Å². The van der Waals surface area contributed by atoms with Crippen LogP contribution in [0.25, 0.3) is 0 Å². The molecule has 1 N–H and O–H groups in total. The Kier molecular flexibility index (Phi) is 5.39. The normalized spacial score (nSPS) is 15.2. The number of nitrogens with zero attached hydrogens (tertiary/aromatic N) is 5. The van der Waals surface area contributed by atoms with Crippen LogP contribution in [0.1, 0.15) is 16.1 Å². The Labute approximate surface area is 146 Å². The quantitative estimate of drug-likeness (QED) is 0.816. The second-order valence-corrected chi connectivity index (χ2v) is 6.03. The fourth-order valence-corrected chi connectivity index (χ4v) is 2.80. The highest BCUT2D eigenvalue weighted by molar-refractivity contribution is 5.92. The molecule has 8 heteroatoms. The van der Waals surface area contributed by atoms with Crippen molar-refractivity contribution >= 4 is 11.8 Å². The highest BCUT2D eigenvalue weighted by Gasteiger charge is 2.24. The molecule has 3 rings (SSSR count). The number of nitrogens with one attached hydrogen (secondary N) is 1. The van der Waals surface area contributed by atoms with Crippen molar-refractivity contribution in [3.63, 3.8) is 0 Å². The molecule has 0 radical (unpaired) electrons. The molecule has 1 saturated heterocycles. The number of carbonyl (C=O) groups is 2. The van der Waals surface area contributed by atoms with E-state index in [4.69, 9.17) is 0 Å². The van der Waals surface area contributed by atoms with E-state index in [1.165, 1.54) is 0 Å². The first-order valence-corrected chi connectivity index (χ1v) is 8.32. The Balaban J connectivity index is 1.55. The minimum atomic E-state index is -0.112. The fraction of sp³-hybridized carbons (Fsp3) is 0.412. The number of piperazine rings is 1. The molecule has 1 aliphatic heterocycles. The molecule has 0 aliphatic carbocycles. The Bertz CT molecular complexity index is 722. The zero-order chi connectivity index (χ0) is 17.6. The van der Waals surface area contributed by atoms with Crippen LogP contribution in [0, 0.1) is 0 Å². The van der Waals surface area contributed by atoms with Crippen molar-refractivity contribution in [3.8, 4) is 0 Å². The van der Waals surface area contributed by atoms with Gasteiger partial charge in [0, 0.05) is 33.2 Å². The van der Waals surface area contributed by atoms with Gasteiger partial charge in [0.05, 0.1) is 19.3 Å². The minimum Gasteiger partial charge on any atom is -0.358 e. The maximum atomic E-state index is 12.6. The van der Waals surface area contributed by atoms with Crippen molar-refractivity contribution in [2.75, 3.05) is 39.8 Å². The number of amides is 2. The summed E-state index contributed by atoms with van der Waals surface area (Å²) < 4.78 is 1.67. The van der Waals surface area contributed by atoms with Gasteiger partial charge in [0.1, 0.15) is 0 Å². The molecule has 1 aromatic heterocycles. The van der Waals surface area contributed by atoms with E-state index in [0.717, 1.165) is 5.56 Å². The zero-order valence-electron chi connectivity index (χ0n) is 14.3. The second kappa shape index (κ2) is 7.89. The Morgan fingerprint density at radius 3 is 2.52 bits per heavy atom. The molecule has 1 fully saturated rings. The second-order valence-electron chi connectivity index (χ2n) is 6.03. The number of likely N-dealkylation sites (N-methyl/N-ethyl adjacent to an activating group) is 1. The van der Waals surface area contributed by atoms with Crippen LogP contribution < -0.4 is 5.32 Å². The number of benzene rings is 1. The van der Waals surface area contributed by atoms with Gasteiger partial charge in [-0.25, -0.2) is 4.68 Å². The van der Waals surface area contributed by atoms with Gasteiger partial charge in [0.25, 0.3) is 5.91 Å². The third-order valence-corrected chi connectivity index (χ3v) is 4.25. The molecule has 132 valence electrons. The maximum absolute atomic E-state index is 12.6. The first-order valence-electron chi connectivity index (χ1n) is 8.32. The first kappa shape index (κ1) is 17.1. The standard InChI is InChI=1S/C17H22N6O2/c1-18-16(24)13-21-7-9-22(10-8-21)17(25)15-12-23(20-19-15)11-14-5-3-2-4-6-14/h2-6,12H,7-11,13H2,1H3,(H,18,24). The van der Waals surface area contributed by atoms with E-state index in [1.807, 2.05) is 35.2 Å². The van der Waals surface area contributed by atoms with Crippen LogP contribution in [0.15, 0.2) is 36.5 Å². The van der Waals surface area contributed by atoms with E-state index < -0.39 is 0 Å². The van der Waals surface area contributed by atoms with Crippen molar-refractivity contribution in [2.45, 2.75) is 6.54 Å². The van der Waals surface area contributed by atoms with Crippen LogP contribution in [0.3, 0.4) is 0 Å². The van der Waals surface area contributed by atoms with E-state index in [2.05, 4.69) is 15.6 Å². The van der Waals surface area contributed by atoms with Crippen LogP contribution >= 0.6 is 0 Å². The lowest BCUT2D eigenvalue weighted by molar-refractivity contribution is -0.122. The van der Waals surface area contributed by atoms with Crippen LogP contribution in [0.5, 0.6) is 0 Å². The summed E-state index contributed by atoms with van der Waals surface area (Å²) in [5.41, 5.74) is 1.46. The van der Waals surface area contributed by atoms with Crippen molar-refractivity contribution in [3.05, 3.63) is 47.8 Å². The fourth-order valence-electron chi connectivity index (χ4n) is 2.80. The van der Waals surface area contributed by atoms with Gasteiger partial charge in [0.15, 0.2) is 5.69 Å². The van der Waals surface area contributed by atoms with E-state index in [0.29, 0.717) is 45.0 Å². The molecule has 2 heterocycles. The predicted molar refractivity (Wildman–Crippen MR) is 92.0 cm³/mol. The summed E-state index contributed by atoms with van der Waals surface area (Å²) in [5.74, 6) is -0.123. The molecule has 0 saturated carbocycles. The summed E-state index contributed by atoms with van der Waals surface area (Å²) in [6, 6.07) is 9.92. The SMILES string of the molecule is CNC(=O)CN1CCN(C(=O)c2cn(Cc3ccccc3)nn2)CC1. The third kappa shape index (κ3) is 4.42. The van der Waals surface area contributed by atoms with Crippen molar-refractivity contribution < 1.29 is 9.59 Å². The van der Waals surface area contributed by atoms with Crippen molar-refractivity contribution in [2.24, 2.45) is 0 Å². The molecule has 25 heavy (non-hydrogen) atoms. The first-order chi connectivity index (χ1) is 12.2. The van der Waals surface area contributed by atoms with Crippen LogP contribution in [0.2, 0.25) is 0 Å². The highest BCUT2D eigenvalue weighted by Crippen LogP contribution is 2.08. The summed E-state index contributed by atoms with van der Waals surface area (Å²) >= 11 is 0. The number of rotatable bonds is 5. The van der Waals surface area contributed by atoms with Crippen LogP contribution in [-0.4, -0.2) is 76.4 Å². The summed E-state index contributed by atoms with van der Waals surface area (Å²) in [6.45, 7) is 3.48. The average molecular weight is 342 g/mol. The smallest absolute Gasteiger partial charge is 0.276 e. The Morgan fingerprint density at radius 1 is 1.12 bits per heavy atom. The number of aromatic nitrogens is 3. The van der Waals surface area contributed by atoms with Gasteiger partial charge in [-0.15, -0.1) is 5.10 Å². The number of carbonyl (C=O) groups excluding carboxylic acids is 2. The van der Waals surface area contributed by atoms with Gasteiger partial charge < -0.3 is 10.2 Å². The highest BCUT2D eigenvalue weighted by atomic mass is 16.2. The van der Waals surface area contributed by atoms with E-state index in [1.54, 1.807) is 22.8 Å². The topological polar surface area (TPSA) is 83.4 Å². The lowest BCUT2D eigenvalue weighted by Gasteiger charge is -2.33. The van der Waals surface area contributed by atoms with Gasteiger partial charge >= 0.3 is 0 Å². The minimum absolute atomic E-state index is 0.0105. The Morgan fingerprint density at radius 2 is 1.84 bits per heavy atom. The average Bonchev–Trinajstić information content (AvgIpc) is 3.11. The lowest BCUT2D eigenvalue weighted by Crippen LogP contribution is -2.51. The maximum Gasteiger partial charge on any atom is 0.276 e. The van der Waals surface area contributed by atoms with Crippen LogP contribution in [0.4, 0.5) is 0 Å². The molecule has 2 amide bonds. The van der Waals surface area contributed by atoms with E-state index >= 15 is 0 Å². The molecular weight excluding hydrogens is 320 g/mol. The zero-order valence-corrected chi connectivity index (χ0v) is 14.3. The number of hydrogen-bond donors (Lipinski definition) is 1. The summed E-state index contributed by atoms with van der Waals surface area (Å²) in [5, 5.41) is 10.7. The largest absolute Gasteiger partial charge is 0.358 e. The monoisotopic (exact) mass is 342 g/mol. The number of hydrogen-bond acceptors (Lipinski definition) is 5. The van der Waals surface area contributed by atoms with Gasteiger partial charge in [-0.1, -0.05) is 35.5 Å². The van der Waals surface area contributed by atoms with Crippen molar-refractivity contribution in [1.82, 2.24) is 30.1 Å². The molecular formula is C17H22N6O2. The van der Waals surface area contributed by atoms with E-state index in [-0.39, 0.29) is 11.8 Å². The third-order valence-electron chi connectivity index (χ3n) is 4.25. The van der Waals surface area contributed by atoms with Crippen LogP contribution in [-0.2, 0) is 11.3 Å². The molecule has 0 bridgehead atoms. The molecule has 0 unspecified atom stereocenters. The molecule has 1 aromatic carbocycles.